The van der Waals surface area contributed by atoms with E-state index >= 15 is 0 Å². The molecular weight excluding hydrogens is 246 g/mol. The quantitative estimate of drug-likeness (QED) is 0.777. The highest BCUT2D eigenvalue weighted by Gasteiger charge is 2.39. The van der Waals surface area contributed by atoms with E-state index in [2.05, 4.69) is 0 Å². The van der Waals surface area contributed by atoms with Gasteiger partial charge >= 0.3 is 0 Å². The van der Waals surface area contributed by atoms with Crippen LogP contribution in [-0.2, 0) is 4.79 Å². The Kier molecular flexibility index (Phi) is 2.48. The molecule has 1 aliphatic heterocycles. The van der Waals surface area contributed by atoms with Gasteiger partial charge in [0.15, 0.2) is 0 Å². The van der Waals surface area contributed by atoms with E-state index in [0.29, 0.717) is 17.3 Å². The summed E-state index contributed by atoms with van der Waals surface area (Å²) >= 11 is 1.42. The van der Waals surface area contributed by atoms with E-state index in [4.69, 9.17) is 0 Å². The standard InChI is InChI=1S/C14H13NO2S/c1-8(2)7-15-11-9-5-3-4-6-10(9)18-13(11)12(16)14(15)17/h3-6,8H,7H2,1-2H3. The second-order valence-corrected chi connectivity index (χ2v) is 5.97. The Bertz CT molecular complexity index is 657. The SMILES string of the molecule is CC(C)CN1C(=O)C(=O)c2sc3ccccc3c21. The largest absolute Gasteiger partial charge is 0.303 e. The maximum Gasteiger partial charge on any atom is 0.300 e. The Labute approximate surface area is 109 Å². The minimum absolute atomic E-state index is 0.339. The van der Waals surface area contributed by atoms with Crippen LogP contribution in [0.5, 0.6) is 0 Å². The number of carbonyl (C=O) groups excluding carboxylic acids is 2. The van der Waals surface area contributed by atoms with E-state index < -0.39 is 0 Å². The molecule has 1 aromatic carbocycles. The minimum Gasteiger partial charge on any atom is -0.303 e. The van der Waals surface area contributed by atoms with Gasteiger partial charge in [-0.15, -0.1) is 11.3 Å². The van der Waals surface area contributed by atoms with Crippen LogP contribution >= 0.6 is 11.3 Å². The number of carbonyl (C=O) groups is 2. The molecule has 0 spiro atoms. The van der Waals surface area contributed by atoms with E-state index in [0.717, 1.165) is 15.8 Å². The Balaban J connectivity index is 2.22. The molecule has 0 unspecified atom stereocenters. The molecule has 92 valence electrons. The summed E-state index contributed by atoms with van der Waals surface area (Å²) in [4.78, 5) is 26.2. The number of anilines is 1. The van der Waals surface area contributed by atoms with Crippen LogP contribution in [0.2, 0.25) is 0 Å². The summed E-state index contributed by atoms with van der Waals surface area (Å²) < 4.78 is 1.07. The van der Waals surface area contributed by atoms with Gasteiger partial charge in [-0.2, -0.15) is 0 Å². The molecule has 4 heteroatoms. The zero-order valence-corrected chi connectivity index (χ0v) is 11.1. The third-order valence-corrected chi connectivity index (χ3v) is 4.19. The van der Waals surface area contributed by atoms with Crippen molar-refractivity contribution in [2.24, 2.45) is 5.92 Å². The van der Waals surface area contributed by atoms with Crippen LogP contribution in [0.4, 0.5) is 5.69 Å². The zero-order valence-electron chi connectivity index (χ0n) is 10.3. The average molecular weight is 259 g/mol. The summed E-state index contributed by atoms with van der Waals surface area (Å²) in [5.41, 5.74) is 0.819. The first kappa shape index (κ1) is 11.4. The van der Waals surface area contributed by atoms with Gasteiger partial charge in [0.25, 0.3) is 11.7 Å². The number of fused-ring (bicyclic) bond motifs is 3. The fraction of sp³-hybridized carbons (Fsp3) is 0.286. The maximum absolute atomic E-state index is 12.0. The first-order valence-corrected chi connectivity index (χ1v) is 6.79. The van der Waals surface area contributed by atoms with Crippen LogP contribution in [0, 0.1) is 5.92 Å². The number of hydrogen-bond donors (Lipinski definition) is 0. The van der Waals surface area contributed by atoms with Gasteiger partial charge in [-0.25, -0.2) is 0 Å². The summed E-state index contributed by atoms with van der Waals surface area (Å²) in [7, 11) is 0. The van der Waals surface area contributed by atoms with Crippen molar-refractivity contribution in [3.05, 3.63) is 29.1 Å². The highest BCUT2D eigenvalue weighted by molar-refractivity contribution is 7.22. The van der Waals surface area contributed by atoms with E-state index in [1.165, 1.54) is 11.3 Å². The molecule has 0 saturated heterocycles. The lowest BCUT2D eigenvalue weighted by Crippen LogP contribution is -2.33. The van der Waals surface area contributed by atoms with Crippen LogP contribution in [0.15, 0.2) is 24.3 Å². The Morgan fingerprint density at radius 1 is 1.22 bits per heavy atom. The summed E-state index contributed by atoms with van der Waals surface area (Å²) in [6.07, 6.45) is 0. The van der Waals surface area contributed by atoms with Gasteiger partial charge in [-0.05, 0) is 12.0 Å². The normalized spacial score (nSPS) is 14.9. The topological polar surface area (TPSA) is 37.4 Å². The minimum atomic E-state index is -0.379. The molecular formula is C14H13NO2S. The van der Waals surface area contributed by atoms with Gasteiger partial charge in [0.2, 0.25) is 0 Å². The number of rotatable bonds is 2. The predicted molar refractivity (Wildman–Crippen MR) is 73.3 cm³/mol. The van der Waals surface area contributed by atoms with Gasteiger partial charge < -0.3 is 4.90 Å². The van der Waals surface area contributed by atoms with Crippen molar-refractivity contribution in [3.8, 4) is 0 Å². The van der Waals surface area contributed by atoms with E-state index in [1.807, 2.05) is 38.1 Å². The third kappa shape index (κ3) is 1.49. The van der Waals surface area contributed by atoms with E-state index in [9.17, 15) is 9.59 Å². The fourth-order valence-electron chi connectivity index (χ4n) is 2.31. The number of amides is 1. The van der Waals surface area contributed by atoms with Crippen molar-refractivity contribution in [2.45, 2.75) is 13.8 Å². The Hall–Kier alpha value is -1.68. The van der Waals surface area contributed by atoms with Gasteiger partial charge in [-0.1, -0.05) is 32.0 Å². The summed E-state index contributed by atoms with van der Waals surface area (Å²) in [5.74, 6) is -0.395. The van der Waals surface area contributed by atoms with E-state index in [1.54, 1.807) is 4.90 Å². The van der Waals surface area contributed by atoms with Gasteiger partial charge in [0, 0.05) is 16.6 Å². The monoisotopic (exact) mass is 259 g/mol. The van der Waals surface area contributed by atoms with E-state index in [-0.39, 0.29) is 11.7 Å². The number of nitrogens with zero attached hydrogens (tertiary/aromatic N) is 1. The molecule has 1 amide bonds. The Morgan fingerprint density at radius 3 is 2.67 bits per heavy atom. The first-order chi connectivity index (χ1) is 8.59. The van der Waals surface area contributed by atoms with Gasteiger partial charge in [0.1, 0.15) is 4.88 Å². The highest BCUT2D eigenvalue weighted by Crippen LogP contribution is 2.42. The molecule has 2 heterocycles. The van der Waals surface area contributed by atoms with Gasteiger partial charge in [0.05, 0.1) is 5.69 Å². The van der Waals surface area contributed by atoms with Crippen LogP contribution in [0.1, 0.15) is 23.5 Å². The van der Waals surface area contributed by atoms with Crippen molar-refractivity contribution in [1.82, 2.24) is 0 Å². The molecule has 1 aromatic heterocycles. The molecule has 18 heavy (non-hydrogen) atoms. The molecule has 3 rings (SSSR count). The molecule has 3 nitrogen and oxygen atoms in total. The van der Waals surface area contributed by atoms with Crippen LogP contribution < -0.4 is 4.90 Å². The molecule has 0 radical (unpaired) electrons. The average Bonchev–Trinajstić information content (AvgIpc) is 2.81. The molecule has 0 aliphatic carbocycles. The smallest absolute Gasteiger partial charge is 0.300 e. The second-order valence-electron chi connectivity index (χ2n) is 4.91. The molecule has 1 aliphatic rings. The first-order valence-electron chi connectivity index (χ1n) is 5.97. The van der Waals surface area contributed by atoms with Crippen LogP contribution in [0.25, 0.3) is 10.1 Å². The molecule has 0 N–H and O–H groups in total. The number of thiophene rings is 1. The Morgan fingerprint density at radius 2 is 1.94 bits per heavy atom. The van der Waals surface area contributed by atoms with Crippen molar-refractivity contribution in [1.29, 1.82) is 0 Å². The summed E-state index contributed by atoms with van der Waals surface area (Å²) in [6.45, 7) is 4.69. The fourth-order valence-corrected chi connectivity index (χ4v) is 3.45. The lowest BCUT2D eigenvalue weighted by Gasteiger charge is -2.18. The second kappa shape index (κ2) is 3.92. The number of ketones is 1. The predicted octanol–water partition coefficient (Wildman–Crippen LogP) is 3.09. The molecule has 2 aromatic rings. The third-order valence-electron chi connectivity index (χ3n) is 3.03. The van der Waals surface area contributed by atoms with Crippen molar-refractivity contribution >= 4 is 38.8 Å². The molecule has 0 saturated carbocycles. The zero-order chi connectivity index (χ0) is 12.9. The lowest BCUT2D eigenvalue weighted by molar-refractivity contribution is -0.114. The summed E-state index contributed by atoms with van der Waals surface area (Å²) in [5, 5.41) is 1.01. The van der Waals surface area contributed by atoms with Crippen molar-refractivity contribution in [2.75, 3.05) is 11.4 Å². The molecule has 0 fully saturated rings. The highest BCUT2D eigenvalue weighted by atomic mass is 32.1. The number of hydrogen-bond acceptors (Lipinski definition) is 3. The van der Waals surface area contributed by atoms with Crippen molar-refractivity contribution in [3.63, 3.8) is 0 Å². The summed E-state index contributed by atoms with van der Waals surface area (Å²) in [6, 6.07) is 7.86. The van der Waals surface area contributed by atoms with Crippen LogP contribution in [0.3, 0.4) is 0 Å². The van der Waals surface area contributed by atoms with Gasteiger partial charge in [-0.3, -0.25) is 9.59 Å². The lowest BCUT2D eigenvalue weighted by atomic mass is 10.2. The van der Waals surface area contributed by atoms with Crippen molar-refractivity contribution < 1.29 is 9.59 Å². The molecule has 0 atom stereocenters. The molecule has 0 bridgehead atoms. The number of Topliss-reactive ketones (excluding diaryl/α,β-unsaturated/α-hetero) is 1. The maximum atomic E-state index is 12.0. The number of benzene rings is 1. The van der Waals surface area contributed by atoms with Crippen LogP contribution in [-0.4, -0.2) is 18.2 Å².